The molecular formula is C12H19NO6. The lowest BCUT2D eigenvalue weighted by atomic mass is 9.86. The van der Waals surface area contributed by atoms with E-state index in [-0.39, 0.29) is 13.2 Å². The highest BCUT2D eigenvalue weighted by molar-refractivity contribution is 5.96. The quantitative estimate of drug-likeness (QED) is 0.510. The third kappa shape index (κ3) is 3.66. The second kappa shape index (κ2) is 7.08. The number of carboxylic acid groups (broad SMARTS) is 1. The van der Waals surface area contributed by atoms with Crippen molar-refractivity contribution in [1.29, 1.82) is 0 Å². The molecular weight excluding hydrogens is 254 g/mol. The van der Waals surface area contributed by atoms with Crippen LogP contribution in [0.25, 0.3) is 0 Å². The van der Waals surface area contributed by atoms with Crippen LogP contribution in [0, 0.1) is 11.8 Å². The minimum atomic E-state index is -1.18. The minimum Gasteiger partial charge on any atom is -0.480 e. The van der Waals surface area contributed by atoms with Crippen LogP contribution >= 0.6 is 0 Å². The molecule has 0 spiro atoms. The fourth-order valence-corrected chi connectivity index (χ4v) is 2.26. The van der Waals surface area contributed by atoms with E-state index in [1.807, 2.05) is 0 Å². The van der Waals surface area contributed by atoms with Gasteiger partial charge >= 0.3 is 17.9 Å². The Hall–Kier alpha value is -1.63. The van der Waals surface area contributed by atoms with Gasteiger partial charge in [0.05, 0.1) is 13.2 Å². The van der Waals surface area contributed by atoms with E-state index in [0.29, 0.717) is 13.0 Å². The predicted molar refractivity (Wildman–Crippen MR) is 64.3 cm³/mol. The van der Waals surface area contributed by atoms with Crippen molar-refractivity contribution >= 4 is 17.9 Å². The van der Waals surface area contributed by atoms with Gasteiger partial charge in [-0.3, -0.25) is 14.4 Å². The van der Waals surface area contributed by atoms with Crippen LogP contribution in [0.4, 0.5) is 0 Å². The van der Waals surface area contributed by atoms with Crippen molar-refractivity contribution in [2.75, 3.05) is 19.8 Å². The van der Waals surface area contributed by atoms with Crippen molar-refractivity contribution < 1.29 is 29.0 Å². The van der Waals surface area contributed by atoms with E-state index in [0.717, 1.165) is 0 Å². The van der Waals surface area contributed by atoms with Crippen LogP contribution in [0.1, 0.15) is 20.3 Å². The number of rotatable bonds is 6. The summed E-state index contributed by atoms with van der Waals surface area (Å²) < 4.78 is 9.70. The van der Waals surface area contributed by atoms with Gasteiger partial charge in [-0.1, -0.05) is 0 Å². The maximum absolute atomic E-state index is 11.9. The Bertz CT molecular complexity index is 338. The van der Waals surface area contributed by atoms with Crippen molar-refractivity contribution in [2.24, 2.45) is 11.8 Å². The SMILES string of the molecule is CCOC(=O)C(C(=O)OCC)[C@H]1CCN[C@@H]1C(=O)O. The molecule has 0 aromatic rings. The summed E-state index contributed by atoms with van der Waals surface area (Å²) in [6, 6.07) is -0.932. The third-order valence-corrected chi connectivity index (χ3v) is 3.05. The average molecular weight is 273 g/mol. The fourth-order valence-electron chi connectivity index (χ4n) is 2.26. The van der Waals surface area contributed by atoms with Crippen LogP contribution in [0.5, 0.6) is 0 Å². The Labute approximate surface area is 111 Å². The maximum Gasteiger partial charge on any atom is 0.321 e. The summed E-state index contributed by atoms with van der Waals surface area (Å²) in [5, 5.41) is 11.9. The molecule has 19 heavy (non-hydrogen) atoms. The van der Waals surface area contributed by atoms with Crippen LogP contribution in [0.2, 0.25) is 0 Å². The fraction of sp³-hybridized carbons (Fsp3) is 0.750. The zero-order valence-electron chi connectivity index (χ0n) is 11.0. The number of esters is 2. The number of carbonyl (C=O) groups excluding carboxylic acids is 2. The molecule has 1 heterocycles. The molecule has 1 saturated heterocycles. The van der Waals surface area contributed by atoms with Crippen LogP contribution in [-0.2, 0) is 23.9 Å². The molecule has 2 N–H and O–H groups in total. The molecule has 0 saturated carbocycles. The maximum atomic E-state index is 11.9. The molecule has 1 aliphatic heterocycles. The molecule has 0 radical (unpaired) electrons. The van der Waals surface area contributed by atoms with Gasteiger partial charge in [-0.15, -0.1) is 0 Å². The summed E-state index contributed by atoms with van der Waals surface area (Å²) in [5.41, 5.74) is 0. The lowest BCUT2D eigenvalue weighted by Gasteiger charge is -2.23. The van der Waals surface area contributed by atoms with Crippen LogP contribution in [0.3, 0.4) is 0 Å². The molecule has 0 unspecified atom stereocenters. The van der Waals surface area contributed by atoms with Gasteiger partial charge in [-0.25, -0.2) is 0 Å². The Balaban J connectivity index is 2.91. The Morgan fingerprint density at radius 1 is 1.21 bits per heavy atom. The smallest absolute Gasteiger partial charge is 0.321 e. The summed E-state index contributed by atoms with van der Waals surface area (Å²) in [5.74, 6) is -4.35. The Kier molecular flexibility index (Phi) is 5.75. The van der Waals surface area contributed by atoms with Crippen molar-refractivity contribution in [3.8, 4) is 0 Å². The van der Waals surface area contributed by atoms with Gasteiger partial charge in [0.15, 0.2) is 5.92 Å². The first-order valence-electron chi connectivity index (χ1n) is 6.32. The lowest BCUT2D eigenvalue weighted by molar-refractivity contribution is -0.165. The van der Waals surface area contributed by atoms with Crippen molar-refractivity contribution in [3.05, 3.63) is 0 Å². The second-order valence-electron chi connectivity index (χ2n) is 4.20. The average Bonchev–Trinajstić information content (AvgIpc) is 2.79. The van der Waals surface area contributed by atoms with Gasteiger partial charge in [0.2, 0.25) is 0 Å². The molecule has 0 amide bonds. The number of carbonyl (C=O) groups is 3. The Morgan fingerprint density at radius 2 is 1.74 bits per heavy atom. The molecule has 1 rings (SSSR count). The molecule has 0 aromatic heterocycles. The number of aliphatic carboxylic acids is 1. The number of carboxylic acids is 1. The van der Waals surface area contributed by atoms with E-state index in [1.54, 1.807) is 13.8 Å². The zero-order valence-corrected chi connectivity index (χ0v) is 11.0. The first kappa shape index (κ1) is 15.4. The molecule has 0 aromatic carbocycles. The van der Waals surface area contributed by atoms with Gasteiger partial charge < -0.3 is 19.9 Å². The van der Waals surface area contributed by atoms with Gasteiger partial charge in [0, 0.05) is 5.92 Å². The zero-order chi connectivity index (χ0) is 14.4. The highest BCUT2D eigenvalue weighted by Gasteiger charge is 2.46. The first-order chi connectivity index (χ1) is 9.02. The van der Waals surface area contributed by atoms with Gasteiger partial charge in [0.1, 0.15) is 6.04 Å². The molecule has 7 heteroatoms. The number of hydrogen-bond donors (Lipinski definition) is 2. The van der Waals surface area contributed by atoms with E-state index in [2.05, 4.69) is 5.32 Å². The van der Waals surface area contributed by atoms with Gasteiger partial charge in [-0.2, -0.15) is 0 Å². The monoisotopic (exact) mass is 273 g/mol. The Morgan fingerprint density at radius 3 is 2.16 bits per heavy atom. The molecule has 2 atom stereocenters. The van der Waals surface area contributed by atoms with Crippen LogP contribution in [-0.4, -0.2) is 48.8 Å². The summed E-state index contributed by atoms with van der Waals surface area (Å²) >= 11 is 0. The highest BCUT2D eigenvalue weighted by Crippen LogP contribution is 2.27. The summed E-state index contributed by atoms with van der Waals surface area (Å²) in [6.07, 6.45) is 0.416. The summed E-state index contributed by atoms with van der Waals surface area (Å²) in [4.78, 5) is 34.9. The minimum absolute atomic E-state index is 0.132. The van der Waals surface area contributed by atoms with Crippen molar-refractivity contribution in [2.45, 2.75) is 26.3 Å². The van der Waals surface area contributed by atoms with Gasteiger partial charge in [0.25, 0.3) is 0 Å². The standard InChI is InChI=1S/C12H19NO6/c1-3-18-11(16)8(12(17)19-4-2)7-5-6-13-9(7)10(14)15/h7-9,13H,3-6H2,1-2H3,(H,14,15)/t7-,9+/m1/s1. The highest BCUT2D eigenvalue weighted by atomic mass is 16.6. The topological polar surface area (TPSA) is 102 Å². The normalized spacial score (nSPS) is 22.3. The van der Waals surface area contributed by atoms with Gasteiger partial charge in [-0.05, 0) is 26.8 Å². The summed E-state index contributed by atoms with van der Waals surface area (Å²) in [6.45, 7) is 3.96. The number of hydrogen-bond acceptors (Lipinski definition) is 6. The van der Waals surface area contributed by atoms with E-state index in [9.17, 15) is 14.4 Å². The second-order valence-corrected chi connectivity index (χ2v) is 4.20. The van der Waals surface area contributed by atoms with E-state index >= 15 is 0 Å². The van der Waals surface area contributed by atoms with E-state index in [1.165, 1.54) is 0 Å². The van der Waals surface area contributed by atoms with Crippen LogP contribution < -0.4 is 5.32 Å². The van der Waals surface area contributed by atoms with Crippen LogP contribution in [0.15, 0.2) is 0 Å². The first-order valence-corrected chi connectivity index (χ1v) is 6.32. The molecule has 1 aliphatic rings. The molecule has 0 aliphatic carbocycles. The third-order valence-electron chi connectivity index (χ3n) is 3.05. The molecule has 1 fully saturated rings. The lowest BCUT2D eigenvalue weighted by Crippen LogP contribution is -2.44. The molecule has 7 nitrogen and oxygen atoms in total. The largest absolute Gasteiger partial charge is 0.480 e. The number of ether oxygens (including phenoxy) is 2. The number of nitrogens with one attached hydrogen (secondary N) is 1. The molecule has 108 valence electrons. The van der Waals surface area contributed by atoms with Crippen molar-refractivity contribution in [1.82, 2.24) is 5.32 Å². The predicted octanol–water partition coefficient (Wildman–Crippen LogP) is -0.208. The van der Waals surface area contributed by atoms with E-state index in [4.69, 9.17) is 14.6 Å². The van der Waals surface area contributed by atoms with E-state index < -0.39 is 35.8 Å². The summed E-state index contributed by atoms with van der Waals surface area (Å²) in [7, 11) is 0. The van der Waals surface area contributed by atoms with Crippen molar-refractivity contribution in [3.63, 3.8) is 0 Å². The molecule has 0 bridgehead atoms.